The van der Waals surface area contributed by atoms with Crippen LogP contribution in [0.2, 0.25) is 0 Å². The fraction of sp³-hybridized carbons (Fsp3) is 0.143. The summed E-state index contributed by atoms with van der Waals surface area (Å²) < 4.78 is 14.3. The molecule has 0 fully saturated rings. The van der Waals surface area contributed by atoms with Crippen molar-refractivity contribution >= 4 is 27.3 Å². The Hall–Kier alpha value is -1.95. The highest BCUT2D eigenvalue weighted by molar-refractivity contribution is 9.10. The molecule has 0 atom stereocenters. The van der Waals surface area contributed by atoms with Gasteiger partial charge in [-0.15, -0.1) is 0 Å². The van der Waals surface area contributed by atoms with Gasteiger partial charge in [0.25, 0.3) is 5.69 Å². The van der Waals surface area contributed by atoms with Gasteiger partial charge in [-0.3, -0.25) is 10.1 Å². The van der Waals surface area contributed by atoms with Crippen LogP contribution in [-0.2, 0) is 6.54 Å². The Labute approximate surface area is 123 Å². The van der Waals surface area contributed by atoms with E-state index >= 15 is 0 Å². The predicted octanol–water partition coefficient (Wildman–Crippen LogP) is 4.42. The van der Waals surface area contributed by atoms with Crippen molar-refractivity contribution in [2.75, 3.05) is 5.32 Å². The number of hydrogen-bond acceptors (Lipinski definition) is 3. The molecule has 4 nitrogen and oxygen atoms in total. The standard InChI is InChI=1S/C14H12BrFN2O2/c1-9-3-2-4-13(16)14(9)17-8-10-5-11(15)7-12(6-10)18(19)20/h2-7,17H,8H2,1H3. The fourth-order valence-corrected chi connectivity index (χ4v) is 2.42. The van der Waals surface area contributed by atoms with Crippen molar-refractivity contribution < 1.29 is 9.31 Å². The molecule has 0 unspecified atom stereocenters. The van der Waals surface area contributed by atoms with Gasteiger partial charge >= 0.3 is 0 Å². The van der Waals surface area contributed by atoms with Crippen LogP contribution in [-0.4, -0.2) is 4.92 Å². The van der Waals surface area contributed by atoms with Gasteiger partial charge in [-0.2, -0.15) is 0 Å². The number of hydrogen-bond donors (Lipinski definition) is 1. The van der Waals surface area contributed by atoms with Gasteiger partial charge in [-0.1, -0.05) is 28.1 Å². The third-order valence-electron chi connectivity index (χ3n) is 2.84. The van der Waals surface area contributed by atoms with E-state index in [9.17, 15) is 14.5 Å². The first kappa shape index (κ1) is 14.5. The molecule has 0 amide bonds. The summed E-state index contributed by atoms with van der Waals surface area (Å²) in [6, 6.07) is 9.47. The lowest BCUT2D eigenvalue weighted by Gasteiger charge is -2.10. The van der Waals surface area contributed by atoms with Gasteiger partial charge in [0.05, 0.1) is 10.6 Å². The Morgan fingerprint density at radius 2 is 2.10 bits per heavy atom. The van der Waals surface area contributed by atoms with Crippen LogP contribution in [0.4, 0.5) is 15.8 Å². The van der Waals surface area contributed by atoms with E-state index in [4.69, 9.17) is 0 Å². The number of aryl methyl sites for hydroxylation is 1. The van der Waals surface area contributed by atoms with Crippen molar-refractivity contribution in [2.24, 2.45) is 0 Å². The third kappa shape index (κ3) is 3.33. The molecule has 0 bridgehead atoms. The zero-order valence-corrected chi connectivity index (χ0v) is 12.3. The highest BCUT2D eigenvalue weighted by Gasteiger charge is 2.10. The maximum Gasteiger partial charge on any atom is 0.270 e. The molecule has 2 rings (SSSR count). The normalized spacial score (nSPS) is 10.3. The van der Waals surface area contributed by atoms with Crippen molar-refractivity contribution in [1.29, 1.82) is 0 Å². The van der Waals surface area contributed by atoms with Gasteiger partial charge in [0.15, 0.2) is 0 Å². The smallest absolute Gasteiger partial charge is 0.270 e. The molecule has 2 aromatic carbocycles. The van der Waals surface area contributed by atoms with Crippen LogP contribution < -0.4 is 5.32 Å². The second-order valence-corrected chi connectivity index (χ2v) is 5.28. The molecular formula is C14H12BrFN2O2. The number of rotatable bonds is 4. The first-order chi connectivity index (χ1) is 9.47. The zero-order chi connectivity index (χ0) is 14.7. The number of nitro groups is 1. The SMILES string of the molecule is Cc1cccc(F)c1NCc1cc(Br)cc([N+](=O)[O-])c1. The Kier molecular flexibility index (Phi) is 4.34. The minimum Gasteiger partial charge on any atom is -0.378 e. The number of halogens is 2. The molecule has 0 aliphatic rings. The summed E-state index contributed by atoms with van der Waals surface area (Å²) in [4.78, 5) is 10.3. The van der Waals surface area contributed by atoms with Gasteiger partial charge in [0.2, 0.25) is 0 Å². The number of benzene rings is 2. The average molecular weight is 339 g/mol. The maximum absolute atomic E-state index is 13.7. The van der Waals surface area contributed by atoms with Crippen LogP contribution >= 0.6 is 15.9 Å². The number of para-hydroxylation sites is 1. The molecule has 0 saturated heterocycles. The molecule has 0 radical (unpaired) electrons. The molecule has 1 N–H and O–H groups in total. The molecule has 2 aromatic rings. The van der Waals surface area contributed by atoms with Crippen LogP contribution in [0.1, 0.15) is 11.1 Å². The molecule has 104 valence electrons. The summed E-state index contributed by atoms with van der Waals surface area (Å²) >= 11 is 3.23. The monoisotopic (exact) mass is 338 g/mol. The van der Waals surface area contributed by atoms with E-state index in [0.29, 0.717) is 22.3 Å². The summed E-state index contributed by atoms with van der Waals surface area (Å²) in [5.74, 6) is -0.338. The van der Waals surface area contributed by atoms with Gasteiger partial charge in [-0.25, -0.2) is 4.39 Å². The van der Waals surface area contributed by atoms with Gasteiger partial charge < -0.3 is 5.32 Å². The van der Waals surface area contributed by atoms with Gasteiger partial charge in [-0.05, 0) is 30.2 Å². The second kappa shape index (κ2) is 6.00. The van der Waals surface area contributed by atoms with E-state index < -0.39 is 4.92 Å². The first-order valence-electron chi connectivity index (χ1n) is 5.90. The Morgan fingerprint density at radius 1 is 1.35 bits per heavy atom. The van der Waals surface area contributed by atoms with Crippen molar-refractivity contribution in [3.05, 3.63) is 67.9 Å². The average Bonchev–Trinajstić information content (AvgIpc) is 2.37. The zero-order valence-electron chi connectivity index (χ0n) is 10.7. The maximum atomic E-state index is 13.7. The van der Waals surface area contributed by atoms with E-state index in [1.54, 1.807) is 25.1 Å². The van der Waals surface area contributed by atoms with Crippen molar-refractivity contribution in [3.63, 3.8) is 0 Å². The van der Waals surface area contributed by atoms with E-state index in [1.807, 2.05) is 0 Å². The van der Waals surface area contributed by atoms with Gasteiger partial charge in [0, 0.05) is 23.2 Å². The number of nitrogens with zero attached hydrogens (tertiary/aromatic N) is 1. The van der Waals surface area contributed by atoms with Crippen molar-refractivity contribution in [3.8, 4) is 0 Å². The molecule has 6 heteroatoms. The van der Waals surface area contributed by atoms with Gasteiger partial charge in [0.1, 0.15) is 5.82 Å². The largest absolute Gasteiger partial charge is 0.378 e. The highest BCUT2D eigenvalue weighted by Crippen LogP contribution is 2.24. The fourth-order valence-electron chi connectivity index (χ4n) is 1.89. The molecule has 0 aliphatic carbocycles. The molecular weight excluding hydrogens is 327 g/mol. The minimum absolute atomic E-state index is 0.00132. The van der Waals surface area contributed by atoms with Crippen molar-refractivity contribution in [2.45, 2.75) is 13.5 Å². The molecule has 0 aliphatic heterocycles. The van der Waals surface area contributed by atoms with E-state index in [1.165, 1.54) is 18.2 Å². The second-order valence-electron chi connectivity index (χ2n) is 4.36. The minimum atomic E-state index is -0.456. The lowest BCUT2D eigenvalue weighted by atomic mass is 10.1. The molecule has 0 heterocycles. The molecule has 0 aromatic heterocycles. The summed E-state index contributed by atoms with van der Waals surface area (Å²) in [5.41, 5.74) is 1.90. The van der Waals surface area contributed by atoms with E-state index in [2.05, 4.69) is 21.2 Å². The highest BCUT2D eigenvalue weighted by atomic mass is 79.9. The van der Waals surface area contributed by atoms with Crippen LogP contribution in [0.5, 0.6) is 0 Å². The summed E-state index contributed by atoms with van der Waals surface area (Å²) in [6.07, 6.45) is 0. The summed E-state index contributed by atoms with van der Waals surface area (Å²) in [5, 5.41) is 13.8. The number of nitro benzene ring substituents is 1. The first-order valence-corrected chi connectivity index (χ1v) is 6.69. The number of anilines is 1. The van der Waals surface area contributed by atoms with E-state index in [-0.39, 0.29) is 11.5 Å². The third-order valence-corrected chi connectivity index (χ3v) is 3.30. The van der Waals surface area contributed by atoms with Crippen LogP contribution in [0.15, 0.2) is 40.9 Å². The molecule has 20 heavy (non-hydrogen) atoms. The number of non-ortho nitro benzene ring substituents is 1. The Morgan fingerprint density at radius 3 is 2.75 bits per heavy atom. The number of nitrogens with one attached hydrogen (secondary N) is 1. The Bertz CT molecular complexity index is 641. The van der Waals surface area contributed by atoms with Crippen LogP contribution in [0.3, 0.4) is 0 Å². The van der Waals surface area contributed by atoms with Crippen LogP contribution in [0.25, 0.3) is 0 Å². The van der Waals surface area contributed by atoms with Crippen LogP contribution in [0, 0.1) is 22.9 Å². The predicted molar refractivity (Wildman–Crippen MR) is 79.3 cm³/mol. The van der Waals surface area contributed by atoms with E-state index in [0.717, 1.165) is 5.56 Å². The summed E-state index contributed by atoms with van der Waals surface area (Å²) in [6.45, 7) is 2.11. The Balaban J connectivity index is 2.21. The lowest BCUT2D eigenvalue weighted by molar-refractivity contribution is -0.385. The quantitative estimate of drug-likeness (QED) is 0.663. The molecule has 0 saturated carbocycles. The topological polar surface area (TPSA) is 55.2 Å². The summed E-state index contributed by atoms with van der Waals surface area (Å²) in [7, 11) is 0. The lowest BCUT2D eigenvalue weighted by Crippen LogP contribution is -2.04. The van der Waals surface area contributed by atoms with Crippen molar-refractivity contribution in [1.82, 2.24) is 0 Å². The molecule has 0 spiro atoms.